The van der Waals surface area contributed by atoms with Crippen molar-refractivity contribution in [1.82, 2.24) is 4.98 Å². The second-order valence-electron chi connectivity index (χ2n) is 6.57. The summed E-state index contributed by atoms with van der Waals surface area (Å²) < 4.78 is 5.15. The predicted octanol–water partition coefficient (Wildman–Crippen LogP) is 4.35. The molecule has 3 aromatic rings. The number of rotatable bonds is 10. The molecule has 0 radical (unpaired) electrons. The van der Waals surface area contributed by atoms with Crippen LogP contribution in [0.25, 0.3) is 11.3 Å². The largest absolute Gasteiger partial charge is 0.497 e. The van der Waals surface area contributed by atoms with E-state index in [0.717, 1.165) is 21.9 Å². The van der Waals surface area contributed by atoms with Crippen LogP contribution in [0.5, 0.6) is 5.75 Å². The number of carboxylic acid groups (broad SMARTS) is 1. The number of ether oxygens (including phenoxy) is 1. The maximum Gasteiger partial charge on any atom is 0.303 e. The molecular weight excluding hydrogens is 450 g/mol. The highest BCUT2D eigenvalue weighted by atomic mass is 32.2. The summed E-state index contributed by atoms with van der Waals surface area (Å²) in [7, 11) is 1.61. The van der Waals surface area contributed by atoms with E-state index in [4.69, 9.17) is 9.84 Å². The minimum atomic E-state index is -1.01. The Kier molecular flexibility index (Phi) is 8.23. The number of anilines is 2. The van der Waals surface area contributed by atoms with Gasteiger partial charge in [0.15, 0.2) is 5.13 Å². The Morgan fingerprint density at radius 3 is 2.38 bits per heavy atom. The Morgan fingerprint density at radius 2 is 1.72 bits per heavy atom. The van der Waals surface area contributed by atoms with Crippen molar-refractivity contribution in [3.05, 3.63) is 53.9 Å². The van der Waals surface area contributed by atoms with Gasteiger partial charge < -0.3 is 20.5 Å². The van der Waals surface area contributed by atoms with E-state index >= 15 is 0 Å². The van der Waals surface area contributed by atoms with Gasteiger partial charge in [-0.25, -0.2) is 4.98 Å². The molecule has 0 fully saturated rings. The minimum absolute atomic E-state index is 0.0804. The van der Waals surface area contributed by atoms with Crippen LogP contribution in [0.4, 0.5) is 10.8 Å². The number of benzene rings is 2. The average Bonchev–Trinajstić information content (AvgIpc) is 3.25. The Labute approximate surface area is 193 Å². The summed E-state index contributed by atoms with van der Waals surface area (Å²) in [5, 5.41) is 16.5. The van der Waals surface area contributed by atoms with E-state index in [9.17, 15) is 14.4 Å². The van der Waals surface area contributed by atoms with E-state index < -0.39 is 5.97 Å². The number of carboxylic acids is 1. The number of methoxy groups -OCH3 is 1. The van der Waals surface area contributed by atoms with Gasteiger partial charge in [-0.15, -0.1) is 23.1 Å². The average molecular weight is 472 g/mol. The maximum atomic E-state index is 12.3. The van der Waals surface area contributed by atoms with Crippen LogP contribution < -0.4 is 15.4 Å². The maximum absolute atomic E-state index is 12.3. The summed E-state index contributed by atoms with van der Waals surface area (Å²) in [6.07, 6.45) is -0.293. The summed E-state index contributed by atoms with van der Waals surface area (Å²) in [5.74, 6) is -0.564. The lowest BCUT2D eigenvalue weighted by atomic mass is 10.2. The number of hydrogen-bond donors (Lipinski definition) is 3. The first-order valence-corrected chi connectivity index (χ1v) is 11.4. The molecular formula is C22H21N3O5S2. The quantitative estimate of drug-likeness (QED) is 0.376. The predicted molar refractivity (Wildman–Crippen MR) is 125 cm³/mol. The van der Waals surface area contributed by atoms with Gasteiger partial charge in [0.05, 0.1) is 25.0 Å². The first kappa shape index (κ1) is 23.3. The molecule has 2 aromatic carbocycles. The van der Waals surface area contributed by atoms with Crippen molar-refractivity contribution in [2.24, 2.45) is 0 Å². The first-order chi connectivity index (χ1) is 15.4. The van der Waals surface area contributed by atoms with Crippen LogP contribution in [0.1, 0.15) is 12.8 Å². The number of hydrogen-bond acceptors (Lipinski definition) is 7. The molecule has 8 nitrogen and oxygen atoms in total. The highest BCUT2D eigenvalue weighted by Crippen LogP contribution is 2.27. The Balaban J connectivity index is 1.46. The molecule has 0 bridgehead atoms. The van der Waals surface area contributed by atoms with Crippen molar-refractivity contribution < 1.29 is 24.2 Å². The number of aliphatic carboxylic acids is 1. The molecule has 0 aliphatic rings. The van der Waals surface area contributed by atoms with Gasteiger partial charge in [0, 0.05) is 27.9 Å². The SMILES string of the molecule is COc1ccc(-c2csc(NC(=O)CSc3ccc(NC(=O)CCC(=O)O)cc3)n2)cc1. The molecule has 1 aromatic heterocycles. The van der Waals surface area contributed by atoms with E-state index in [1.165, 1.54) is 23.1 Å². The number of nitrogens with one attached hydrogen (secondary N) is 2. The van der Waals surface area contributed by atoms with E-state index in [1.54, 1.807) is 31.4 Å². The van der Waals surface area contributed by atoms with Crippen LogP contribution >= 0.6 is 23.1 Å². The lowest BCUT2D eigenvalue weighted by Crippen LogP contribution is -2.14. The number of aromatic nitrogens is 1. The van der Waals surface area contributed by atoms with Crippen molar-refractivity contribution in [1.29, 1.82) is 0 Å². The minimum Gasteiger partial charge on any atom is -0.497 e. The Morgan fingerprint density at radius 1 is 1.00 bits per heavy atom. The number of nitrogens with zero attached hydrogens (tertiary/aromatic N) is 1. The van der Waals surface area contributed by atoms with Crippen molar-refractivity contribution in [3.63, 3.8) is 0 Å². The molecule has 10 heteroatoms. The molecule has 0 saturated heterocycles. The topological polar surface area (TPSA) is 118 Å². The molecule has 0 spiro atoms. The summed E-state index contributed by atoms with van der Waals surface area (Å²) in [4.78, 5) is 39.8. The lowest BCUT2D eigenvalue weighted by molar-refractivity contribution is -0.138. The lowest BCUT2D eigenvalue weighted by Gasteiger charge is -2.06. The first-order valence-electron chi connectivity index (χ1n) is 9.57. The van der Waals surface area contributed by atoms with Crippen molar-refractivity contribution in [2.75, 3.05) is 23.5 Å². The van der Waals surface area contributed by atoms with Gasteiger partial charge in [0.2, 0.25) is 11.8 Å². The molecule has 1 heterocycles. The molecule has 166 valence electrons. The molecule has 0 aliphatic heterocycles. The third kappa shape index (κ3) is 7.10. The molecule has 0 saturated carbocycles. The molecule has 2 amide bonds. The van der Waals surface area contributed by atoms with Gasteiger partial charge in [0.1, 0.15) is 5.75 Å². The second kappa shape index (κ2) is 11.3. The van der Waals surface area contributed by atoms with Crippen LogP contribution in [0.15, 0.2) is 58.8 Å². The highest BCUT2D eigenvalue weighted by molar-refractivity contribution is 8.00. The van der Waals surface area contributed by atoms with Gasteiger partial charge >= 0.3 is 5.97 Å². The highest BCUT2D eigenvalue weighted by Gasteiger charge is 2.10. The molecule has 0 atom stereocenters. The number of carbonyl (C=O) groups is 3. The fourth-order valence-corrected chi connectivity index (χ4v) is 4.04. The Bertz CT molecular complexity index is 1080. The van der Waals surface area contributed by atoms with Gasteiger partial charge in [0.25, 0.3) is 0 Å². The zero-order valence-electron chi connectivity index (χ0n) is 17.2. The molecule has 0 unspecified atom stereocenters. The van der Waals surface area contributed by atoms with Gasteiger partial charge in [-0.1, -0.05) is 0 Å². The normalized spacial score (nSPS) is 10.4. The standard InChI is InChI=1S/C22H21N3O5S2/c1-30-16-6-2-14(3-7-16)18-12-32-22(24-18)25-20(27)13-31-17-8-4-15(5-9-17)23-19(26)10-11-21(28)29/h2-9,12H,10-11,13H2,1H3,(H,23,26)(H,28,29)(H,24,25,27). The second-order valence-corrected chi connectivity index (χ2v) is 8.48. The number of thiazole rings is 1. The summed E-state index contributed by atoms with van der Waals surface area (Å²) in [6, 6.07) is 14.5. The Hall–Kier alpha value is -3.37. The third-order valence-electron chi connectivity index (χ3n) is 4.21. The van der Waals surface area contributed by atoms with Crippen LogP contribution in [0.2, 0.25) is 0 Å². The van der Waals surface area contributed by atoms with Crippen LogP contribution in [0.3, 0.4) is 0 Å². The molecule has 3 N–H and O–H groups in total. The van der Waals surface area contributed by atoms with E-state index in [1.807, 2.05) is 29.6 Å². The monoisotopic (exact) mass is 471 g/mol. The number of thioether (sulfide) groups is 1. The summed E-state index contributed by atoms with van der Waals surface area (Å²) >= 11 is 2.71. The van der Waals surface area contributed by atoms with Gasteiger partial charge in [-0.3, -0.25) is 14.4 Å². The zero-order valence-corrected chi connectivity index (χ0v) is 18.8. The third-order valence-corrected chi connectivity index (χ3v) is 5.98. The molecule has 0 aliphatic carbocycles. The van der Waals surface area contributed by atoms with Crippen LogP contribution in [0, 0.1) is 0 Å². The summed E-state index contributed by atoms with van der Waals surface area (Å²) in [5.41, 5.74) is 2.29. The number of carbonyl (C=O) groups excluding carboxylic acids is 2. The van der Waals surface area contributed by atoms with Crippen LogP contribution in [-0.2, 0) is 14.4 Å². The van der Waals surface area contributed by atoms with Crippen LogP contribution in [-0.4, -0.2) is 40.7 Å². The molecule has 3 rings (SSSR count). The smallest absolute Gasteiger partial charge is 0.303 e. The zero-order chi connectivity index (χ0) is 22.9. The van der Waals surface area contributed by atoms with Gasteiger partial charge in [-0.2, -0.15) is 0 Å². The summed E-state index contributed by atoms with van der Waals surface area (Å²) in [6.45, 7) is 0. The van der Waals surface area contributed by atoms with Gasteiger partial charge in [-0.05, 0) is 48.5 Å². The van der Waals surface area contributed by atoms with Crippen molar-refractivity contribution in [2.45, 2.75) is 17.7 Å². The molecule has 32 heavy (non-hydrogen) atoms. The van der Waals surface area contributed by atoms with E-state index in [2.05, 4.69) is 15.6 Å². The fraction of sp³-hybridized carbons (Fsp3) is 0.182. The van der Waals surface area contributed by atoms with E-state index in [-0.39, 0.29) is 30.4 Å². The van der Waals surface area contributed by atoms with E-state index in [0.29, 0.717) is 10.8 Å². The fourth-order valence-electron chi connectivity index (χ4n) is 2.61. The number of amides is 2. The van der Waals surface area contributed by atoms with Crippen molar-refractivity contribution in [3.8, 4) is 17.0 Å². The van der Waals surface area contributed by atoms with Crippen molar-refractivity contribution >= 4 is 51.7 Å².